The van der Waals surface area contributed by atoms with Crippen molar-refractivity contribution in [2.24, 2.45) is 0 Å². The maximum absolute atomic E-state index is 9.32. The molecule has 0 heterocycles. The highest BCUT2D eigenvalue weighted by molar-refractivity contribution is 7.99. The van der Waals surface area contributed by atoms with E-state index >= 15 is 0 Å². The summed E-state index contributed by atoms with van der Waals surface area (Å²) in [5, 5.41) is 13.1. The van der Waals surface area contributed by atoms with Gasteiger partial charge in [0.15, 0.2) is 0 Å². The Bertz CT molecular complexity index is 519. The highest BCUT2D eigenvalue weighted by atomic mass is 35.5. The zero-order valence-electron chi connectivity index (χ0n) is 10.5. The Morgan fingerprint density at radius 2 is 1.89 bits per heavy atom. The third kappa shape index (κ3) is 4.78. The third-order valence-electron chi connectivity index (χ3n) is 2.63. The average Bonchev–Trinajstić information content (AvgIpc) is 2.43. The van der Waals surface area contributed by atoms with Crippen LogP contribution in [-0.2, 0) is 6.54 Å². The fourth-order valence-corrected chi connectivity index (χ4v) is 2.69. The Morgan fingerprint density at radius 3 is 2.63 bits per heavy atom. The number of phenolic OH excluding ortho intramolecular Hbond substituents is 1. The second-order valence-corrected chi connectivity index (χ2v) is 5.70. The summed E-state index contributed by atoms with van der Waals surface area (Å²) in [6, 6.07) is 15.6. The molecule has 2 rings (SSSR count). The first kappa shape index (κ1) is 14.3. The molecule has 0 fully saturated rings. The number of aromatic hydroxyl groups is 1. The number of hydrogen-bond donors (Lipinski definition) is 2. The quantitative estimate of drug-likeness (QED) is 0.625. The monoisotopic (exact) mass is 293 g/mol. The van der Waals surface area contributed by atoms with Crippen molar-refractivity contribution in [2.75, 3.05) is 12.3 Å². The molecule has 4 heteroatoms. The van der Waals surface area contributed by atoms with Crippen molar-refractivity contribution >= 4 is 23.4 Å². The second kappa shape index (κ2) is 7.43. The van der Waals surface area contributed by atoms with E-state index in [1.807, 2.05) is 36.0 Å². The first-order chi connectivity index (χ1) is 9.25. The van der Waals surface area contributed by atoms with E-state index in [1.54, 1.807) is 12.1 Å². The highest BCUT2D eigenvalue weighted by Gasteiger charge is 1.99. The molecular weight excluding hydrogens is 278 g/mol. The minimum atomic E-state index is 0.130. The van der Waals surface area contributed by atoms with E-state index < -0.39 is 0 Å². The Labute approximate surface area is 122 Å². The van der Waals surface area contributed by atoms with Crippen LogP contribution in [0.25, 0.3) is 0 Å². The zero-order valence-corrected chi connectivity index (χ0v) is 12.0. The predicted octanol–water partition coefficient (Wildman–Crippen LogP) is 3.93. The molecule has 0 saturated carbocycles. The van der Waals surface area contributed by atoms with Gasteiger partial charge < -0.3 is 10.4 Å². The molecule has 2 aromatic carbocycles. The number of hydrogen-bond acceptors (Lipinski definition) is 3. The predicted molar refractivity (Wildman–Crippen MR) is 82.0 cm³/mol. The molecule has 2 nitrogen and oxygen atoms in total. The van der Waals surface area contributed by atoms with Crippen molar-refractivity contribution in [2.45, 2.75) is 11.4 Å². The van der Waals surface area contributed by atoms with Crippen LogP contribution < -0.4 is 5.32 Å². The van der Waals surface area contributed by atoms with Crippen molar-refractivity contribution in [3.05, 3.63) is 59.1 Å². The van der Waals surface area contributed by atoms with E-state index in [0.717, 1.165) is 24.4 Å². The summed E-state index contributed by atoms with van der Waals surface area (Å²) in [5.41, 5.74) is 1.08. The Kier molecular flexibility index (Phi) is 5.58. The molecule has 19 heavy (non-hydrogen) atoms. The molecule has 0 radical (unpaired) electrons. The molecule has 0 spiro atoms. The summed E-state index contributed by atoms with van der Waals surface area (Å²) >= 11 is 7.68. The van der Waals surface area contributed by atoms with Gasteiger partial charge in [-0.1, -0.05) is 35.9 Å². The molecule has 0 aliphatic rings. The van der Waals surface area contributed by atoms with Gasteiger partial charge in [-0.05, 0) is 29.8 Å². The molecule has 100 valence electrons. The Morgan fingerprint density at radius 1 is 1.11 bits per heavy atom. The zero-order chi connectivity index (χ0) is 13.5. The van der Waals surface area contributed by atoms with Crippen LogP contribution in [0.15, 0.2) is 53.4 Å². The molecule has 2 aromatic rings. The molecule has 0 bridgehead atoms. The first-order valence-electron chi connectivity index (χ1n) is 6.11. The summed E-state index contributed by atoms with van der Waals surface area (Å²) < 4.78 is 0. The normalized spacial score (nSPS) is 10.6. The molecule has 0 aliphatic carbocycles. The standard InChI is InChI=1S/C15H16ClNOS/c16-14-10-12(6-7-15(14)18)11-17-8-9-19-13-4-2-1-3-5-13/h1-7,10,17-18H,8-9,11H2. The van der Waals surface area contributed by atoms with Crippen LogP contribution in [0, 0.1) is 0 Å². The summed E-state index contributed by atoms with van der Waals surface area (Å²) in [6.45, 7) is 1.69. The highest BCUT2D eigenvalue weighted by Crippen LogP contribution is 2.23. The van der Waals surface area contributed by atoms with Crippen LogP contribution in [-0.4, -0.2) is 17.4 Å². The first-order valence-corrected chi connectivity index (χ1v) is 7.48. The lowest BCUT2D eigenvalue weighted by atomic mass is 10.2. The minimum Gasteiger partial charge on any atom is -0.506 e. The summed E-state index contributed by atoms with van der Waals surface area (Å²) in [4.78, 5) is 1.29. The van der Waals surface area contributed by atoms with Gasteiger partial charge in [0.2, 0.25) is 0 Å². The van der Waals surface area contributed by atoms with Crippen LogP contribution in [0.1, 0.15) is 5.56 Å². The molecule has 0 aromatic heterocycles. The van der Waals surface area contributed by atoms with Crippen LogP contribution in [0.3, 0.4) is 0 Å². The van der Waals surface area contributed by atoms with E-state index in [1.165, 1.54) is 4.90 Å². The van der Waals surface area contributed by atoms with Gasteiger partial charge >= 0.3 is 0 Å². The molecule has 0 saturated heterocycles. The molecule has 0 aliphatic heterocycles. The van der Waals surface area contributed by atoms with Crippen LogP contribution in [0.4, 0.5) is 0 Å². The van der Waals surface area contributed by atoms with E-state index in [2.05, 4.69) is 17.4 Å². The lowest BCUT2D eigenvalue weighted by Crippen LogP contribution is -2.16. The molecular formula is C15H16ClNOS. The minimum absolute atomic E-state index is 0.130. The second-order valence-electron chi connectivity index (χ2n) is 4.12. The van der Waals surface area contributed by atoms with Crippen molar-refractivity contribution in [3.63, 3.8) is 0 Å². The fourth-order valence-electron chi connectivity index (χ4n) is 1.65. The number of nitrogens with one attached hydrogen (secondary N) is 1. The smallest absolute Gasteiger partial charge is 0.134 e. The maximum atomic E-state index is 9.32. The van der Waals surface area contributed by atoms with Gasteiger partial charge in [0, 0.05) is 23.7 Å². The Hall–Kier alpha value is -1.16. The number of benzene rings is 2. The lowest BCUT2D eigenvalue weighted by Gasteiger charge is -2.06. The van der Waals surface area contributed by atoms with Crippen LogP contribution >= 0.6 is 23.4 Å². The van der Waals surface area contributed by atoms with E-state index in [-0.39, 0.29) is 5.75 Å². The Balaban J connectivity index is 1.68. The van der Waals surface area contributed by atoms with Gasteiger partial charge in [-0.2, -0.15) is 0 Å². The SMILES string of the molecule is Oc1ccc(CNCCSc2ccccc2)cc1Cl. The van der Waals surface area contributed by atoms with Gasteiger partial charge in [-0.25, -0.2) is 0 Å². The number of phenols is 1. The average molecular weight is 294 g/mol. The summed E-state index contributed by atoms with van der Waals surface area (Å²) in [7, 11) is 0. The molecule has 0 amide bonds. The third-order valence-corrected chi connectivity index (χ3v) is 3.95. The topological polar surface area (TPSA) is 32.3 Å². The van der Waals surface area contributed by atoms with Crippen LogP contribution in [0.2, 0.25) is 5.02 Å². The molecule has 2 N–H and O–H groups in total. The summed E-state index contributed by atoms with van der Waals surface area (Å²) in [6.07, 6.45) is 0. The van der Waals surface area contributed by atoms with Crippen molar-refractivity contribution in [1.29, 1.82) is 0 Å². The van der Waals surface area contributed by atoms with Gasteiger partial charge in [-0.15, -0.1) is 11.8 Å². The number of halogens is 1. The van der Waals surface area contributed by atoms with Crippen LogP contribution in [0.5, 0.6) is 5.75 Å². The van der Waals surface area contributed by atoms with Crippen molar-refractivity contribution in [1.82, 2.24) is 5.32 Å². The number of thioether (sulfide) groups is 1. The largest absolute Gasteiger partial charge is 0.506 e. The maximum Gasteiger partial charge on any atom is 0.134 e. The fraction of sp³-hybridized carbons (Fsp3) is 0.200. The van der Waals surface area contributed by atoms with E-state index in [0.29, 0.717) is 5.02 Å². The van der Waals surface area contributed by atoms with Crippen molar-refractivity contribution < 1.29 is 5.11 Å². The molecule has 0 atom stereocenters. The lowest BCUT2D eigenvalue weighted by molar-refractivity contribution is 0.475. The number of rotatable bonds is 6. The van der Waals surface area contributed by atoms with Gasteiger partial charge in [0.25, 0.3) is 0 Å². The summed E-state index contributed by atoms with van der Waals surface area (Å²) in [5.74, 6) is 1.15. The van der Waals surface area contributed by atoms with Crippen molar-refractivity contribution in [3.8, 4) is 5.75 Å². The van der Waals surface area contributed by atoms with Gasteiger partial charge in [-0.3, -0.25) is 0 Å². The van der Waals surface area contributed by atoms with E-state index in [4.69, 9.17) is 11.6 Å². The molecule has 0 unspecified atom stereocenters. The van der Waals surface area contributed by atoms with E-state index in [9.17, 15) is 5.11 Å². The van der Waals surface area contributed by atoms with Gasteiger partial charge in [0.1, 0.15) is 5.75 Å². The van der Waals surface area contributed by atoms with Gasteiger partial charge in [0.05, 0.1) is 5.02 Å².